The van der Waals surface area contributed by atoms with Crippen LogP contribution in [0.2, 0.25) is 0 Å². The van der Waals surface area contributed by atoms with E-state index < -0.39 is 0 Å². The molecule has 3 heteroatoms. The van der Waals surface area contributed by atoms with Crippen LogP contribution in [0.25, 0.3) is 0 Å². The average molecular weight is 198 g/mol. The minimum absolute atomic E-state index is 0.366. The maximum atomic E-state index is 6.06. The van der Waals surface area contributed by atoms with Gasteiger partial charge in [0.1, 0.15) is 0 Å². The molecule has 0 aromatic heterocycles. The second-order valence-corrected chi connectivity index (χ2v) is 4.60. The van der Waals surface area contributed by atoms with Gasteiger partial charge in [0.15, 0.2) is 0 Å². The van der Waals surface area contributed by atoms with Crippen LogP contribution in [0.5, 0.6) is 0 Å². The van der Waals surface area contributed by atoms with Crippen LogP contribution in [0.4, 0.5) is 0 Å². The summed E-state index contributed by atoms with van der Waals surface area (Å²) < 4.78 is 5.58. The molecule has 0 bridgehead atoms. The molecule has 3 nitrogen and oxygen atoms in total. The van der Waals surface area contributed by atoms with Gasteiger partial charge >= 0.3 is 0 Å². The number of rotatable bonds is 3. The van der Waals surface area contributed by atoms with Gasteiger partial charge in [-0.1, -0.05) is 12.8 Å². The third kappa shape index (κ3) is 2.69. The van der Waals surface area contributed by atoms with E-state index in [9.17, 15) is 0 Å². The monoisotopic (exact) mass is 198 g/mol. The summed E-state index contributed by atoms with van der Waals surface area (Å²) >= 11 is 0. The van der Waals surface area contributed by atoms with Gasteiger partial charge in [0.05, 0.1) is 6.10 Å². The maximum Gasteiger partial charge on any atom is 0.0700 e. The van der Waals surface area contributed by atoms with Crippen LogP contribution in [0.1, 0.15) is 38.5 Å². The zero-order valence-corrected chi connectivity index (χ0v) is 8.87. The largest absolute Gasteiger partial charge is 0.377 e. The SMILES string of the molecule is N[C@H]1CCCC[C@@H]1NC[C@@H]1CCCO1. The van der Waals surface area contributed by atoms with Crippen molar-refractivity contribution in [2.24, 2.45) is 5.73 Å². The first-order chi connectivity index (χ1) is 6.86. The highest BCUT2D eigenvalue weighted by molar-refractivity contribution is 4.84. The zero-order valence-electron chi connectivity index (χ0n) is 8.87. The molecule has 0 spiro atoms. The Balaban J connectivity index is 1.67. The van der Waals surface area contributed by atoms with Gasteiger partial charge in [-0.05, 0) is 25.7 Å². The van der Waals surface area contributed by atoms with E-state index in [1.165, 1.54) is 38.5 Å². The lowest BCUT2D eigenvalue weighted by molar-refractivity contribution is 0.104. The summed E-state index contributed by atoms with van der Waals surface area (Å²) in [5, 5.41) is 3.56. The second-order valence-electron chi connectivity index (χ2n) is 4.60. The van der Waals surface area contributed by atoms with E-state index in [4.69, 9.17) is 10.5 Å². The van der Waals surface area contributed by atoms with Crippen LogP contribution in [0.15, 0.2) is 0 Å². The quantitative estimate of drug-likeness (QED) is 0.712. The smallest absolute Gasteiger partial charge is 0.0700 e. The first kappa shape index (κ1) is 10.4. The highest BCUT2D eigenvalue weighted by Crippen LogP contribution is 2.18. The minimum atomic E-state index is 0.366. The van der Waals surface area contributed by atoms with E-state index in [0.29, 0.717) is 18.2 Å². The highest BCUT2D eigenvalue weighted by atomic mass is 16.5. The molecule has 1 heterocycles. The molecule has 1 aliphatic heterocycles. The Morgan fingerprint density at radius 3 is 2.71 bits per heavy atom. The van der Waals surface area contributed by atoms with Gasteiger partial charge in [-0.3, -0.25) is 0 Å². The Bertz CT molecular complexity index is 169. The summed E-state index contributed by atoms with van der Waals surface area (Å²) in [6.07, 6.45) is 7.95. The van der Waals surface area contributed by atoms with Crippen LogP contribution in [0, 0.1) is 0 Å². The molecule has 1 saturated heterocycles. The van der Waals surface area contributed by atoms with Crippen molar-refractivity contribution in [2.45, 2.75) is 56.7 Å². The molecular weight excluding hydrogens is 176 g/mol. The van der Waals surface area contributed by atoms with Gasteiger partial charge in [-0.2, -0.15) is 0 Å². The number of hydrogen-bond donors (Lipinski definition) is 2. The van der Waals surface area contributed by atoms with Crippen molar-refractivity contribution in [1.82, 2.24) is 5.32 Å². The van der Waals surface area contributed by atoms with Crippen molar-refractivity contribution < 1.29 is 4.74 Å². The van der Waals surface area contributed by atoms with Crippen molar-refractivity contribution in [3.8, 4) is 0 Å². The predicted molar refractivity (Wildman–Crippen MR) is 57.2 cm³/mol. The first-order valence-corrected chi connectivity index (χ1v) is 5.97. The molecule has 82 valence electrons. The molecule has 0 radical (unpaired) electrons. The van der Waals surface area contributed by atoms with Gasteiger partial charge in [0.25, 0.3) is 0 Å². The fraction of sp³-hybridized carbons (Fsp3) is 1.00. The first-order valence-electron chi connectivity index (χ1n) is 5.97. The Morgan fingerprint density at radius 2 is 2.00 bits per heavy atom. The van der Waals surface area contributed by atoms with Gasteiger partial charge in [-0.15, -0.1) is 0 Å². The van der Waals surface area contributed by atoms with Crippen LogP contribution >= 0.6 is 0 Å². The Labute approximate surface area is 86.4 Å². The van der Waals surface area contributed by atoms with Crippen molar-refractivity contribution in [3.05, 3.63) is 0 Å². The van der Waals surface area contributed by atoms with Gasteiger partial charge in [-0.25, -0.2) is 0 Å². The number of ether oxygens (including phenoxy) is 1. The van der Waals surface area contributed by atoms with Crippen LogP contribution < -0.4 is 11.1 Å². The predicted octanol–water partition coefficient (Wildman–Crippen LogP) is 1.02. The second kappa shape index (κ2) is 5.10. The van der Waals surface area contributed by atoms with Crippen molar-refractivity contribution in [1.29, 1.82) is 0 Å². The van der Waals surface area contributed by atoms with E-state index in [2.05, 4.69) is 5.32 Å². The van der Waals surface area contributed by atoms with E-state index in [0.717, 1.165) is 13.2 Å². The van der Waals surface area contributed by atoms with E-state index in [1.807, 2.05) is 0 Å². The number of nitrogens with two attached hydrogens (primary N) is 1. The molecule has 3 N–H and O–H groups in total. The fourth-order valence-electron chi connectivity index (χ4n) is 2.50. The van der Waals surface area contributed by atoms with Gasteiger partial charge < -0.3 is 15.8 Å². The maximum absolute atomic E-state index is 6.06. The Morgan fingerprint density at radius 1 is 1.14 bits per heavy atom. The lowest BCUT2D eigenvalue weighted by Crippen LogP contribution is -2.49. The fourth-order valence-corrected chi connectivity index (χ4v) is 2.50. The summed E-state index contributed by atoms with van der Waals surface area (Å²) in [7, 11) is 0. The van der Waals surface area contributed by atoms with E-state index in [1.54, 1.807) is 0 Å². The van der Waals surface area contributed by atoms with Crippen LogP contribution in [-0.2, 0) is 4.74 Å². The summed E-state index contributed by atoms with van der Waals surface area (Å²) in [6, 6.07) is 0.901. The van der Waals surface area contributed by atoms with Crippen molar-refractivity contribution in [3.63, 3.8) is 0 Å². The van der Waals surface area contributed by atoms with Crippen molar-refractivity contribution >= 4 is 0 Å². The van der Waals surface area contributed by atoms with E-state index >= 15 is 0 Å². The van der Waals surface area contributed by atoms with E-state index in [-0.39, 0.29) is 0 Å². The summed E-state index contributed by atoms with van der Waals surface area (Å²) in [5.41, 5.74) is 6.06. The molecule has 2 rings (SSSR count). The topological polar surface area (TPSA) is 47.3 Å². The Hall–Kier alpha value is -0.120. The van der Waals surface area contributed by atoms with Gasteiger partial charge in [0.2, 0.25) is 0 Å². The summed E-state index contributed by atoms with van der Waals surface area (Å²) in [5.74, 6) is 0. The molecule has 2 aliphatic rings. The third-order valence-corrected chi connectivity index (χ3v) is 3.45. The van der Waals surface area contributed by atoms with Gasteiger partial charge in [0, 0.05) is 25.2 Å². The lowest BCUT2D eigenvalue weighted by atomic mass is 9.91. The minimum Gasteiger partial charge on any atom is -0.377 e. The zero-order chi connectivity index (χ0) is 9.80. The molecule has 2 fully saturated rings. The normalized spacial score (nSPS) is 38.8. The molecule has 0 aromatic carbocycles. The average Bonchev–Trinajstić information content (AvgIpc) is 2.69. The molecule has 0 amide bonds. The highest BCUT2D eigenvalue weighted by Gasteiger charge is 2.23. The molecule has 0 aromatic rings. The summed E-state index contributed by atoms with van der Waals surface area (Å²) in [6.45, 7) is 1.95. The molecule has 3 atom stereocenters. The molecular formula is C11H22N2O. The number of nitrogens with one attached hydrogen (secondary N) is 1. The van der Waals surface area contributed by atoms with Crippen molar-refractivity contribution in [2.75, 3.05) is 13.2 Å². The van der Waals surface area contributed by atoms with Crippen LogP contribution in [0.3, 0.4) is 0 Å². The molecule has 1 aliphatic carbocycles. The lowest BCUT2D eigenvalue weighted by Gasteiger charge is -2.30. The summed E-state index contributed by atoms with van der Waals surface area (Å²) in [4.78, 5) is 0. The molecule has 1 saturated carbocycles. The Kier molecular flexibility index (Phi) is 3.79. The third-order valence-electron chi connectivity index (χ3n) is 3.45. The molecule has 14 heavy (non-hydrogen) atoms. The standard InChI is InChI=1S/C11H22N2O/c12-10-5-1-2-6-11(10)13-8-9-4-3-7-14-9/h9-11,13H,1-8,12H2/t9-,10-,11-/m0/s1. The van der Waals surface area contributed by atoms with Crippen LogP contribution in [-0.4, -0.2) is 31.3 Å². The molecule has 0 unspecified atom stereocenters. The number of hydrogen-bond acceptors (Lipinski definition) is 3.